The molecular weight excluding hydrogens is 413 g/mol. The normalized spacial score (nSPS) is 18.1. The van der Waals surface area contributed by atoms with E-state index in [1.807, 2.05) is 18.7 Å². The van der Waals surface area contributed by atoms with Gasteiger partial charge in [-0.2, -0.15) is 0 Å². The van der Waals surface area contributed by atoms with Crippen molar-refractivity contribution in [2.75, 3.05) is 32.8 Å². The maximum absolute atomic E-state index is 12.3. The highest BCUT2D eigenvalue weighted by atomic mass is 19.4. The Morgan fingerprint density at radius 3 is 2.61 bits per heavy atom. The van der Waals surface area contributed by atoms with Crippen LogP contribution in [0, 0.1) is 5.92 Å². The molecule has 2 unspecified atom stereocenters. The lowest BCUT2D eigenvalue weighted by atomic mass is 10.0. The number of carbonyl (C=O) groups excluding carboxylic acids is 1. The van der Waals surface area contributed by atoms with Gasteiger partial charge in [-0.05, 0) is 37.5 Å². The van der Waals surface area contributed by atoms with Gasteiger partial charge in [0, 0.05) is 51.2 Å². The molecule has 31 heavy (non-hydrogen) atoms. The number of nitrogens with zero attached hydrogens (tertiary/aromatic N) is 2. The molecule has 2 atom stereocenters. The van der Waals surface area contributed by atoms with Crippen molar-refractivity contribution in [3.8, 4) is 5.75 Å². The molecule has 0 saturated carbocycles. The lowest BCUT2D eigenvalue weighted by Gasteiger charge is -2.19. The molecule has 1 heterocycles. The summed E-state index contributed by atoms with van der Waals surface area (Å²) in [6, 6.07) is 5.73. The molecule has 1 saturated heterocycles. The fourth-order valence-corrected chi connectivity index (χ4v) is 3.41. The summed E-state index contributed by atoms with van der Waals surface area (Å²) in [5, 5.41) is 16.2. The number of nitrogens with one attached hydrogen (secondary N) is 2. The smallest absolute Gasteiger partial charge is 0.406 e. The summed E-state index contributed by atoms with van der Waals surface area (Å²) < 4.78 is 40.7. The Bertz CT molecular complexity index is 726. The van der Waals surface area contributed by atoms with Gasteiger partial charge in [0.05, 0.1) is 0 Å². The number of halogens is 3. The molecule has 0 aromatic heterocycles. The van der Waals surface area contributed by atoms with E-state index >= 15 is 0 Å². The zero-order chi connectivity index (χ0) is 22.9. The van der Waals surface area contributed by atoms with Crippen molar-refractivity contribution in [3.63, 3.8) is 0 Å². The Kier molecular flexibility index (Phi) is 9.42. The second-order valence-corrected chi connectivity index (χ2v) is 7.49. The van der Waals surface area contributed by atoms with Gasteiger partial charge in [-0.25, -0.2) is 0 Å². The molecule has 2 rings (SSSR count). The fourth-order valence-electron chi connectivity index (χ4n) is 3.41. The molecule has 3 N–H and O–H groups in total. The monoisotopic (exact) mass is 444 g/mol. The first-order chi connectivity index (χ1) is 14.7. The topological polar surface area (TPSA) is 86.2 Å². The number of likely N-dealkylation sites (tertiary alicyclic amines) is 1. The molecule has 0 spiro atoms. The Hall–Kier alpha value is -2.49. The van der Waals surface area contributed by atoms with Crippen molar-refractivity contribution in [3.05, 3.63) is 29.8 Å². The summed E-state index contributed by atoms with van der Waals surface area (Å²) >= 11 is 0. The number of aliphatic imine (C=N–C) groups is 1. The van der Waals surface area contributed by atoms with E-state index < -0.39 is 6.36 Å². The molecule has 1 aliphatic rings. The van der Waals surface area contributed by atoms with E-state index in [1.165, 1.54) is 12.1 Å². The second kappa shape index (κ2) is 11.8. The molecule has 1 aliphatic heterocycles. The van der Waals surface area contributed by atoms with E-state index in [2.05, 4.69) is 20.4 Å². The second-order valence-electron chi connectivity index (χ2n) is 7.49. The number of carbonyl (C=O) groups is 1. The van der Waals surface area contributed by atoms with Gasteiger partial charge in [0.1, 0.15) is 5.75 Å². The van der Waals surface area contributed by atoms with Gasteiger partial charge >= 0.3 is 6.36 Å². The molecule has 0 bridgehead atoms. The number of alkyl halides is 3. The number of rotatable bonds is 9. The Morgan fingerprint density at radius 1 is 1.32 bits per heavy atom. The summed E-state index contributed by atoms with van der Waals surface area (Å²) in [4.78, 5) is 18.2. The van der Waals surface area contributed by atoms with E-state index in [4.69, 9.17) is 0 Å². The summed E-state index contributed by atoms with van der Waals surface area (Å²) in [5.74, 6) is 0.288. The van der Waals surface area contributed by atoms with Crippen LogP contribution in [0.5, 0.6) is 5.75 Å². The van der Waals surface area contributed by atoms with Gasteiger partial charge in [-0.1, -0.05) is 19.1 Å². The first-order valence-corrected chi connectivity index (χ1v) is 10.5. The average Bonchev–Trinajstić information content (AvgIpc) is 3.19. The minimum absolute atomic E-state index is 0.105. The Balaban J connectivity index is 1.91. The number of ether oxygens (including phenoxy) is 1. The van der Waals surface area contributed by atoms with E-state index in [-0.39, 0.29) is 30.2 Å². The van der Waals surface area contributed by atoms with Gasteiger partial charge < -0.3 is 25.4 Å². The zero-order valence-electron chi connectivity index (χ0n) is 17.9. The lowest BCUT2D eigenvalue weighted by molar-refractivity contribution is -0.274. The molecule has 7 nitrogen and oxygen atoms in total. The van der Waals surface area contributed by atoms with Crippen molar-refractivity contribution in [2.45, 2.75) is 45.5 Å². The minimum Gasteiger partial charge on any atom is -0.406 e. The highest BCUT2D eigenvalue weighted by Crippen LogP contribution is 2.23. The molecule has 1 fully saturated rings. The molecular formula is C21H31F3N4O3. The quantitative estimate of drug-likeness (QED) is 0.402. The van der Waals surface area contributed by atoms with Crippen molar-refractivity contribution < 1.29 is 27.8 Å². The van der Waals surface area contributed by atoms with E-state index in [9.17, 15) is 23.1 Å². The van der Waals surface area contributed by atoms with Crippen LogP contribution in [0.1, 0.15) is 32.3 Å². The van der Waals surface area contributed by atoms with E-state index in [0.717, 1.165) is 18.5 Å². The predicted molar refractivity (Wildman–Crippen MR) is 112 cm³/mol. The van der Waals surface area contributed by atoms with Gasteiger partial charge in [0.15, 0.2) is 5.96 Å². The molecule has 1 amide bonds. The first-order valence-electron chi connectivity index (χ1n) is 10.5. The number of guanidine groups is 1. The molecule has 1 aromatic carbocycles. The highest BCUT2D eigenvalue weighted by molar-refractivity contribution is 5.80. The van der Waals surface area contributed by atoms with E-state index in [1.54, 1.807) is 12.1 Å². The third kappa shape index (κ3) is 8.64. The van der Waals surface area contributed by atoms with Crippen LogP contribution in [0.3, 0.4) is 0 Å². The average molecular weight is 444 g/mol. The molecule has 174 valence electrons. The van der Waals surface area contributed by atoms with Crippen LogP contribution >= 0.6 is 0 Å². The minimum atomic E-state index is -4.72. The van der Waals surface area contributed by atoms with Crippen molar-refractivity contribution in [2.24, 2.45) is 10.9 Å². The lowest BCUT2D eigenvalue weighted by Crippen LogP contribution is -2.45. The Labute approximate surface area is 180 Å². The van der Waals surface area contributed by atoms with Crippen molar-refractivity contribution >= 4 is 11.9 Å². The van der Waals surface area contributed by atoms with Crippen molar-refractivity contribution in [1.29, 1.82) is 0 Å². The number of benzene rings is 1. The van der Waals surface area contributed by atoms with Crippen LogP contribution in [0.25, 0.3) is 0 Å². The van der Waals surface area contributed by atoms with Crippen LogP contribution in [-0.4, -0.2) is 67.1 Å². The standard InChI is InChI=1S/C21H31F3N4O3/c1-3-19(30)28-10-9-17(13-28)27-20(25-4-2)26-12-16(14-29)11-15-5-7-18(8-6-15)31-21(22,23)24/h5-8,16-17,29H,3-4,9-14H2,1-2H3,(H2,25,26,27). The van der Waals surface area contributed by atoms with Gasteiger partial charge in [0.2, 0.25) is 5.91 Å². The summed E-state index contributed by atoms with van der Waals surface area (Å²) in [5.41, 5.74) is 0.784. The fraction of sp³-hybridized carbons (Fsp3) is 0.619. The van der Waals surface area contributed by atoms with Crippen LogP contribution in [0.4, 0.5) is 13.2 Å². The number of aliphatic hydroxyl groups is 1. The maximum Gasteiger partial charge on any atom is 0.573 e. The molecule has 0 radical (unpaired) electrons. The third-order valence-corrected chi connectivity index (χ3v) is 4.98. The largest absolute Gasteiger partial charge is 0.573 e. The number of hydrogen-bond donors (Lipinski definition) is 3. The predicted octanol–water partition coefficient (Wildman–Crippen LogP) is 2.30. The third-order valence-electron chi connectivity index (χ3n) is 4.98. The molecule has 0 aliphatic carbocycles. The van der Waals surface area contributed by atoms with E-state index in [0.29, 0.717) is 38.4 Å². The van der Waals surface area contributed by atoms with Crippen molar-refractivity contribution in [1.82, 2.24) is 15.5 Å². The maximum atomic E-state index is 12.3. The number of amides is 1. The van der Waals surface area contributed by atoms with Gasteiger partial charge in [0.25, 0.3) is 0 Å². The SMILES string of the molecule is CCNC(=NCC(CO)Cc1ccc(OC(F)(F)F)cc1)NC1CCN(C(=O)CC)C1. The highest BCUT2D eigenvalue weighted by Gasteiger charge is 2.31. The Morgan fingerprint density at radius 2 is 2.03 bits per heavy atom. The van der Waals surface area contributed by atoms with Gasteiger partial charge in [-0.15, -0.1) is 13.2 Å². The van der Waals surface area contributed by atoms with Crippen LogP contribution < -0.4 is 15.4 Å². The summed E-state index contributed by atoms with van der Waals surface area (Å²) in [6.45, 7) is 6.06. The van der Waals surface area contributed by atoms with Gasteiger partial charge in [-0.3, -0.25) is 9.79 Å². The summed E-state index contributed by atoms with van der Waals surface area (Å²) in [7, 11) is 0. The molecule has 1 aromatic rings. The molecule has 10 heteroatoms. The van der Waals surface area contributed by atoms with Crippen LogP contribution in [0.2, 0.25) is 0 Å². The number of aliphatic hydroxyl groups excluding tert-OH is 1. The first kappa shape index (κ1) is 24.8. The van der Waals surface area contributed by atoms with Crippen LogP contribution in [-0.2, 0) is 11.2 Å². The summed E-state index contributed by atoms with van der Waals surface area (Å²) in [6.07, 6.45) is -2.93. The number of hydrogen-bond acceptors (Lipinski definition) is 4. The zero-order valence-corrected chi connectivity index (χ0v) is 17.9. The van der Waals surface area contributed by atoms with Crippen LogP contribution in [0.15, 0.2) is 29.3 Å².